The highest BCUT2D eigenvalue weighted by Crippen LogP contribution is 2.13. The normalized spacial score (nSPS) is 10.8. The third-order valence-corrected chi connectivity index (χ3v) is 2.75. The lowest BCUT2D eigenvalue weighted by atomic mass is 10.4. The van der Waals surface area contributed by atoms with Gasteiger partial charge in [0, 0.05) is 17.6 Å². The highest BCUT2D eigenvalue weighted by atomic mass is 32.1. The van der Waals surface area contributed by atoms with Gasteiger partial charge in [0.25, 0.3) is 0 Å². The van der Waals surface area contributed by atoms with E-state index >= 15 is 0 Å². The molecule has 0 amide bonds. The Morgan fingerprint density at radius 2 is 2.43 bits per heavy atom. The first-order chi connectivity index (χ1) is 6.61. The lowest BCUT2D eigenvalue weighted by Gasteiger charge is -2.16. The molecule has 78 valence electrons. The molecule has 0 aromatic carbocycles. The Hall–Kier alpha value is -0.940. The Bertz CT molecular complexity index is 312. The molecule has 0 spiro atoms. The van der Waals surface area contributed by atoms with E-state index in [0.717, 1.165) is 16.4 Å². The lowest BCUT2D eigenvalue weighted by Crippen LogP contribution is -2.28. The van der Waals surface area contributed by atoms with E-state index in [1.54, 1.807) is 11.3 Å². The van der Waals surface area contributed by atoms with Crippen LogP contribution in [0, 0.1) is 6.92 Å². The second-order valence-electron chi connectivity index (χ2n) is 3.04. The van der Waals surface area contributed by atoms with Crippen molar-refractivity contribution in [3.63, 3.8) is 0 Å². The van der Waals surface area contributed by atoms with Gasteiger partial charge in [0.1, 0.15) is 0 Å². The number of carboxylic acids is 1. The van der Waals surface area contributed by atoms with Gasteiger partial charge in [-0.3, -0.25) is 9.69 Å². The van der Waals surface area contributed by atoms with E-state index in [9.17, 15) is 4.79 Å². The van der Waals surface area contributed by atoms with Gasteiger partial charge in [-0.2, -0.15) is 0 Å². The molecule has 0 unspecified atom stereocenters. The van der Waals surface area contributed by atoms with Gasteiger partial charge in [0.15, 0.2) is 0 Å². The molecular formula is C9H14N2O2S. The molecule has 1 heterocycles. The molecule has 0 radical (unpaired) electrons. The SMILES string of the molecule is CCN(CC(=O)O)Cc1cnc(C)s1. The smallest absolute Gasteiger partial charge is 0.317 e. The molecule has 0 aliphatic rings. The Labute approximate surface area is 87.2 Å². The van der Waals surface area contributed by atoms with Crippen LogP contribution in [0.1, 0.15) is 16.8 Å². The second kappa shape index (κ2) is 5.07. The minimum Gasteiger partial charge on any atom is -0.480 e. The van der Waals surface area contributed by atoms with E-state index < -0.39 is 5.97 Å². The maximum atomic E-state index is 10.5. The van der Waals surface area contributed by atoms with Crippen LogP contribution in [-0.2, 0) is 11.3 Å². The largest absolute Gasteiger partial charge is 0.480 e. The molecule has 0 atom stereocenters. The minimum atomic E-state index is -0.784. The quantitative estimate of drug-likeness (QED) is 0.804. The van der Waals surface area contributed by atoms with Crippen molar-refractivity contribution in [3.8, 4) is 0 Å². The van der Waals surface area contributed by atoms with Crippen LogP contribution in [0.3, 0.4) is 0 Å². The standard InChI is InChI=1S/C9H14N2O2S/c1-3-11(6-9(12)13)5-8-4-10-7(2)14-8/h4H,3,5-6H2,1-2H3,(H,12,13). The van der Waals surface area contributed by atoms with Crippen molar-refractivity contribution in [3.05, 3.63) is 16.1 Å². The van der Waals surface area contributed by atoms with Gasteiger partial charge in [0.05, 0.1) is 11.6 Å². The van der Waals surface area contributed by atoms with Gasteiger partial charge in [-0.25, -0.2) is 4.98 Å². The van der Waals surface area contributed by atoms with Crippen molar-refractivity contribution in [2.45, 2.75) is 20.4 Å². The van der Waals surface area contributed by atoms with Crippen LogP contribution in [0.4, 0.5) is 0 Å². The monoisotopic (exact) mass is 214 g/mol. The fourth-order valence-corrected chi connectivity index (χ4v) is 2.01. The van der Waals surface area contributed by atoms with Crippen molar-refractivity contribution in [2.24, 2.45) is 0 Å². The molecule has 0 saturated heterocycles. The van der Waals surface area contributed by atoms with Crippen LogP contribution < -0.4 is 0 Å². The van der Waals surface area contributed by atoms with Crippen LogP contribution in [0.15, 0.2) is 6.20 Å². The number of hydrogen-bond donors (Lipinski definition) is 1. The molecule has 1 aromatic heterocycles. The van der Waals surface area contributed by atoms with Crippen LogP contribution in [0.5, 0.6) is 0 Å². The predicted octanol–water partition coefficient (Wildman–Crippen LogP) is 1.36. The van der Waals surface area contributed by atoms with E-state index in [0.29, 0.717) is 6.54 Å². The first-order valence-corrected chi connectivity index (χ1v) is 5.29. The molecule has 1 aromatic rings. The maximum absolute atomic E-state index is 10.5. The van der Waals surface area contributed by atoms with E-state index in [4.69, 9.17) is 5.11 Å². The zero-order valence-electron chi connectivity index (χ0n) is 8.36. The van der Waals surface area contributed by atoms with E-state index in [1.807, 2.05) is 24.9 Å². The molecule has 0 aliphatic carbocycles. The predicted molar refractivity (Wildman–Crippen MR) is 55.4 cm³/mol. The molecule has 0 aliphatic heterocycles. The van der Waals surface area contributed by atoms with Gasteiger partial charge in [-0.15, -0.1) is 11.3 Å². The molecule has 1 N–H and O–H groups in total. The number of aryl methyl sites for hydroxylation is 1. The van der Waals surface area contributed by atoms with Crippen molar-refractivity contribution < 1.29 is 9.90 Å². The van der Waals surface area contributed by atoms with E-state index in [1.165, 1.54) is 0 Å². The molecule has 1 rings (SSSR count). The first kappa shape index (κ1) is 11.1. The highest BCUT2D eigenvalue weighted by molar-refractivity contribution is 7.11. The van der Waals surface area contributed by atoms with Crippen LogP contribution in [0.2, 0.25) is 0 Å². The third kappa shape index (κ3) is 3.43. The Kier molecular flexibility index (Phi) is 4.03. The Morgan fingerprint density at radius 3 is 2.86 bits per heavy atom. The van der Waals surface area contributed by atoms with Gasteiger partial charge < -0.3 is 5.11 Å². The topological polar surface area (TPSA) is 53.4 Å². The van der Waals surface area contributed by atoms with Crippen LogP contribution >= 0.6 is 11.3 Å². The van der Waals surface area contributed by atoms with Gasteiger partial charge >= 0.3 is 5.97 Å². The number of hydrogen-bond acceptors (Lipinski definition) is 4. The number of aliphatic carboxylic acids is 1. The fourth-order valence-electron chi connectivity index (χ4n) is 1.17. The van der Waals surface area contributed by atoms with Crippen molar-refractivity contribution in [1.82, 2.24) is 9.88 Å². The molecule has 0 fully saturated rings. The average Bonchev–Trinajstić information content (AvgIpc) is 2.49. The number of carboxylic acid groups (broad SMARTS) is 1. The summed E-state index contributed by atoms with van der Waals surface area (Å²) in [4.78, 5) is 17.6. The summed E-state index contributed by atoms with van der Waals surface area (Å²) in [5, 5.41) is 9.66. The summed E-state index contributed by atoms with van der Waals surface area (Å²) in [5.41, 5.74) is 0. The summed E-state index contributed by atoms with van der Waals surface area (Å²) in [5.74, 6) is -0.784. The number of thiazole rings is 1. The summed E-state index contributed by atoms with van der Waals surface area (Å²) >= 11 is 1.61. The number of carbonyl (C=O) groups is 1. The Balaban J connectivity index is 2.52. The summed E-state index contributed by atoms with van der Waals surface area (Å²) < 4.78 is 0. The van der Waals surface area contributed by atoms with Crippen LogP contribution in [-0.4, -0.2) is 34.0 Å². The fraction of sp³-hybridized carbons (Fsp3) is 0.556. The van der Waals surface area contributed by atoms with Crippen molar-refractivity contribution in [1.29, 1.82) is 0 Å². The third-order valence-electron chi connectivity index (χ3n) is 1.85. The van der Waals surface area contributed by atoms with E-state index in [2.05, 4.69) is 4.98 Å². The van der Waals surface area contributed by atoms with Crippen molar-refractivity contribution >= 4 is 17.3 Å². The molecule has 4 nitrogen and oxygen atoms in total. The second-order valence-corrected chi connectivity index (χ2v) is 4.36. The summed E-state index contributed by atoms with van der Waals surface area (Å²) in [7, 11) is 0. The summed E-state index contributed by atoms with van der Waals surface area (Å²) in [6.07, 6.45) is 1.81. The summed E-state index contributed by atoms with van der Waals surface area (Å²) in [6, 6.07) is 0. The maximum Gasteiger partial charge on any atom is 0.317 e. The van der Waals surface area contributed by atoms with Gasteiger partial charge in [0.2, 0.25) is 0 Å². The molecule has 5 heteroatoms. The zero-order valence-corrected chi connectivity index (χ0v) is 9.17. The highest BCUT2D eigenvalue weighted by Gasteiger charge is 2.09. The summed E-state index contributed by atoms with van der Waals surface area (Å²) in [6.45, 7) is 5.41. The molecule has 14 heavy (non-hydrogen) atoms. The van der Waals surface area contributed by atoms with Gasteiger partial charge in [-0.05, 0) is 13.5 Å². The van der Waals surface area contributed by atoms with Gasteiger partial charge in [-0.1, -0.05) is 6.92 Å². The molecule has 0 saturated carbocycles. The van der Waals surface area contributed by atoms with E-state index in [-0.39, 0.29) is 6.54 Å². The lowest BCUT2D eigenvalue weighted by molar-refractivity contribution is -0.138. The first-order valence-electron chi connectivity index (χ1n) is 4.47. The average molecular weight is 214 g/mol. The zero-order chi connectivity index (χ0) is 10.6. The minimum absolute atomic E-state index is 0.0907. The molecule has 0 bridgehead atoms. The number of rotatable bonds is 5. The number of nitrogens with zero attached hydrogens (tertiary/aromatic N) is 2. The number of aromatic nitrogens is 1. The Morgan fingerprint density at radius 1 is 1.71 bits per heavy atom. The number of likely N-dealkylation sites (N-methyl/N-ethyl adjacent to an activating group) is 1. The molecular weight excluding hydrogens is 200 g/mol. The van der Waals surface area contributed by atoms with Crippen molar-refractivity contribution in [2.75, 3.05) is 13.1 Å². The van der Waals surface area contributed by atoms with Crippen LogP contribution in [0.25, 0.3) is 0 Å².